The van der Waals surface area contributed by atoms with E-state index in [1.165, 1.54) is 5.69 Å². The maximum atomic E-state index is 6.13. The van der Waals surface area contributed by atoms with E-state index in [0.717, 1.165) is 38.0 Å². The number of rotatable bonds is 8. The molecule has 2 nitrogen and oxygen atoms in total. The largest absolute Gasteiger partial charge is 0.372 e. The Bertz CT molecular complexity index is 400. The van der Waals surface area contributed by atoms with Crippen LogP contribution in [0, 0.1) is 0 Å². The molecule has 0 spiro atoms. The van der Waals surface area contributed by atoms with Crippen LogP contribution in [-0.2, 0) is 0 Å². The lowest BCUT2D eigenvalue weighted by Crippen LogP contribution is -2.32. The number of benzene rings is 1. The molecule has 0 fully saturated rings. The first-order chi connectivity index (χ1) is 9.93. The summed E-state index contributed by atoms with van der Waals surface area (Å²) in [5, 5.41) is 3.34. The van der Waals surface area contributed by atoms with Gasteiger partial charge in [0, 0.05) is 18.8 Å². The lowest BCUT2D eigenvalue weighted by Gasteiger charge is -2.27. The van der Waals surface area contributed by atoms with E-state index < -0.39 is 3.79 Å². The van der Waals surface area contributed by atoms with Gasteiger partial charge < -0.3 is 10.2 Å². The fourth-order valence-corrected chi connectivity index (χ4v) is 2.92. The van der Waals surface area contributed by atoms with E-state index >= 15 is 0 Å². The van der Waals surface area contributed by atoms with E-state index in [1.807, 2.05) is 12.1 Å². The Morgan fingerprint density at radius 1 is 1.05 bits per heavy atom. The number of unbranched alkanes of at least 4 members (excludes halogenated alkanes) is 1. The number of hydrogen-bond donors (Lipinski definition) is 1. The summed E-state index contributed by atoms with van der Waals surface area (Å²) in [6.45, 7) is 9.25. The Hall–Kier alpha value is 0.140. The molecule has 1 N–H and O–H groups in total. The Kier molecular flexibility index (Phi) is 10.9. The minimum atomic E-state index is -1.36. The molecule has 0 aliphatic rings. The SMILES string of the molecule is CCCCNC(c1ccc(N(CC)CC)cc1)C(Cl)(Cl)Cl.Cl. The molecular formula is C16H26Cl4N2. The summed E-state index contributed by atoms with van der Waals surface area (Å²) in [5.41, 5.74) is 2.20. The lowest BCUT2D eigenvalue weighted by atomic mass is 10.1. The molecule has 1 aromatic carbocycles. The van der Waals surface area contributed by atoms with E-state index in [1.54, 1.807) is 0 Å². The van der Waals surface area contributed by atoms with Gasteiger partial charge in [-0.2, -0.15) is 0 Å². The van der Waals surface area contributed by atoms with Crippen LogP contribution in [0.5, 0.6) is 0 Å². The van der Waals surface area contributed by atoms with Crippen LogP contribution in [0.4, 0.5) is 5.69 Å². The van der Waals surface area contributed by atoms with Crippen molar-refractivity contribution in [3.8, 4) is 0 Å². The van der Waals surface area contributed by atoms with Crippen LogP contribution in [0.1, 0.15) is 45.2 Å². The predicted molar refractivity (Wildman–Crippen MR) is 103 cm³/mol. The lowest BCUT2D eigenvalue weighted by molar-refractivity contribution is 0.527. The van der Waals surface area contributed by atoms with Crippen molar-refractivity contribution in [3.63, 3.8) is 0 Å². The molecule has 0 aliphatic heterocycles. The quantitative estimate of drug-likeness (QED) is 0.450. The highest BCUT2D eigenvalue weighted by molar-refractivity contribution is 6.68. The van der Waals surface area contributed by atoms with Crippen LogP contribution in [0.2, 0.25) is 0 Å². The minimum absolute atomic E-state index is 0. The minimum Gasteiger partial charge on any atom is -0.372 e. The van der Waals surface area contributed by atoms with Crippen molar-refractivity contribution in [2.75, 3.05) is 24.5 Å². The summed E-state index contributed by atoms with van der Waals surface area (Å²) in [6.07, 6.45) is 2.18. The number of hydrogen-bond acceptors (Lipinski definition) is 2. The molecule has 0 radical (unpaired) electrons. The van der Waals surface area contributed by atoms with Crippen LogP contribution in [-0.4, -0.2) is 23.4 Å². The number of nitrogens with one attached hydrogen (secondary N) is 1. The molecule has 1 rings (SSSR count). The molecule has 0 aliphatic carbocycles. The van der Waals surface area contributed by atoms with Crippen molar-refractivity contribution < 1.29 is 0 Å². The van der Waals surface area contributed by atoms with Crippen LogP contribution in [0.25, 0.3) is 0 Å². The second-order valence-electron chi connectivity index (χ2n) is 5.05. The molecule has 0 aromatic heterocycles. The second-order valence-corrected chi connectivity index (χ2v) is 7.42. The second kappa shape index (κ2) is 10.8. The van der Waals surface area contributed by atoms with Gasteiger partial charge in [-0.15, -0.1) is 12.4 Å². The van der Waals surface area contributed by atoms with Crippen molar-refractivity contribution >= 4 is 52.9 Å². The molecule has 0 bridgehead atoms. The van der Waals surface area contributed by atoms with Gasteiger partial charge in [-0.25, -0.2) is 0 Å². The van der Waals surface area contributed by atoms with Crippen LogP contribution >= 0.6 is 47.2 Å². The van der Waals surface area contributed by atoms with E-state index in [0.29, 0.717) is 0 Å². The summed E-state index contributed by atoms with van der Waals surface area (Å²) in [4.78, 5) is 2.29. The third-order valence-corrected chi connectivity index (χ3v) is 4.22. The smallest absolute Gasteiger partial charge is 0.209 e. The molecule has 1 aromatic rings. The fraction of sp³-hybridized carbons (Fsp3) is 0.625. The average molecular weight is 388 g/mol. The fourth-order valence-electron chi connectivity index (χ4n) is 2.31. The topological polar surface area (TPSA) is 15.3 Å². The normalized spacial score (nSPS) is 12.6. The van der Waals surface area contributed by atoms with Gasteiger partial charge in [0.05, 0.1) is 6.04 Å². The Labute approximate surface area is 155 Å². The molecule has 6 heteroatoms. The van der Waals surface area contributed by atoms with Gasteiger partial charge in [0.1, 0.15) is 0 Å². The van der Waals surface area contributed by atoms with Crippen molar-refractivity contribution in [2.45, 2.75) is 43.4 Å². The maximum absolute atomic E-state index is 6.13. The van der Waals surface area contributed by atoms with Crippen molar-refractivity contribution in [1.82, 2.24) is 5.32 Å². The van der Waals surface area contributed by atoms with Crippen molar-refractivity contribution in [1.29, 1.82) is 0 Å². The number of anilines is 1. The molecule has 0 saturated carbocycles. The monoisotopic (exact) mass is 386 g/mol. The zero-order chi connectivity index (χ0) is 15.9. The third kappa shape index (κ3) is 6.72. The van der Waals surface area contributed by atoms with E-state index in [-0.39, 0.29) is 18.4 Å². The van der Waals surface area contributed by atoms with E-state index in [4.69, 9.17) is 34.8 Å². The van der Waals surface area contributed by atoms with E-state index in [9.17, 15) is 0 Å². The first-order valence-corrected chi connectivity index (χ1v) is 8.72. The Balaban J connectivity index is 0.00000441. The van der Waals surface area contributed by atoms with Crippen LogP contribution < -0.4 is 10.2 Å². The third-order valence-electron chi connectivity index (χ3n) is 3.56. The van der Waals surface area contributed by atoms with Gasteiger partial charge >= 0.3 is 0 Å². The average Bonchev–Trinajstić information content (AvgIpc) is 2.45. The van der Waals surface area contributed by atoms with Gasteiger partial charge in [0.15, 0.2) is 0 Å². The molecule has 1 atom stereocenters. The summed E-state index contributed by atoms with van der Waals surface area (Å²) in [5.74, 6) is 0. The molecule has 0 saturated heterocycles. The predicted octanol–water partition coefficient (Wildman–Crippen LogP) is 5.76. The van der Waals surface area contributed by atoms with Gasteiger partial charge in [-0.3, -0.25) is 0 Å². The molecule has 0 heterocycles. The standard InChI is InChI=1S/C16H25Cl3N2.ClH/c1-4-7-12-20-15(16(17,18)19)13-8-10-14(11-9-13)21(5-2)6-3;/h8-11,15,20H,4-7,12H2,1-3H3;1H. The first-order valence-electron chi connectivity index (χ1n) is 7.59. The number of halogens is 4. The first kappa shape index (κ1) is 22.1. The van der Waals surface area contributed by atoms with Gasteiger partial charge in [0.25, 0.3) is 0 Å². The van der Waals surface area contributed by atoms with Crippen molar-refractivity contribution in [3.05, 3.63) is 29.8 Å². The summed E-state index contributed by atoms with van der Waals surface area (Å²) >= 11 is 18.4. The summed E-state index contributed by atoms with van der Waals surface area (Å²) in [6, 6.07) is 7.97. The zero-order valence-electron chi connectivity index (χ0n) is 13.4. The molecule has 128 valence electrons. The molecular weight excluding hydrogens is 362 g/mol. The highest BCUT2D eigenvalue weighted by atomic mass is 35.6. The van der Waals surface area contributed by atoms with Crippen molar-refractivity contribution in [2.24, 2.45) is 0 Å². The van der Waals surface area contributed by atoms with Crippen LogP contribution in [0.15, 0.2) is 24.3 Å². The number of alkyl halides is 3. The maximum Gasteiger partial charge on any atom is 0.209 e. The Morgan fingerprint density at radius 2 is 1.59 bits per heavy atom. The molecule has 22 heavy (non-hydrogen) atoms. The van der Waals surface area contributed by atoms with E-state index in [2.05, 4.69) is 43.1 Å². The zero-order valence-corrected chi connectivity index (χ0v) is 16.5. The molecule has 0 amide bonds. The van der Waals surface area contributed by atoms with Gasteiger partial charge in [-0.05, 0) is 44.5 Å². The summed E-state index contributed by atoms with van der Waals surface area (Å²) in [7, 11) is 0. The molecule has 1 unspecified atom stereocenters. The number of nitrogens with zero attached hydrogens (tertiary/aromatic N) is 1. The highest BCUT2D eigenvalue weighted by Gasteiger charge is 2.33. The van der Waals surface area contributed by atoms with Gasteiger partial charge in [-0.1, -0.05) is 60.3 Å². The Morgan fingerprint density at radius 3 is 2.00 bits per heavy atom. The summed E-state index contributed by atoms with van der Waals surface area (Å²) < 4.78 is -1.36. The van der Waals surface area contributed by atoms with Crippen LogP contribution in [0.3, 0.4) is 0 Å². The highest BCUT2D eigenvalue weighted by Crippen LogP contribution is 2.40. The van der Waals surface area contributed by atoms with Gasteiger partial charge in [0.2, 0.25) is 3.79 Å².